The summed E-state index contributed by atoms with van der Waals surface area (Å²) in [4.78, 5) is 11.7. The Kier molecular flexibility index (Phi) is 3.32. The van der Waals surface area contributed by atoms with Crippen LogP contribution in [-0.4, -0.2) is 11.9 Å². The van der Waals surface area contributed by atoms with Crippen LogP contribution < -0.4 is 5.32 Å². The number of furan rings is 1. The largest absolute Gasteiger partial charge is 0.469 e. The van der Waals surface area contributed by atoms with Crippen molar-refractivity contribution in [3.8, 4) is 0 Å². The highest BCUT2D eigenvalue weighted by Crippen LogP contribution is 2.37. The first kappa shape index (κ1) is 11.2. The quantitative estimate of drug-likeness (QED) is 0.829. The molecule has 1 fully saturated rings. The standard InChI is InChI=1S/C13H19NO2/c1-9-8-12(9)13(15)14-10(2)5-6-11-4-3-7-16-11/h3-4,7,9-10,12H,5-6,8H2,1-2H3,(H,14,15)/t9-,10-,12+/m1/s1. The Morgan fingerprint density at radius 3 is 3.00 bits per heavy atom. The van der Waals surface area contributed by atoms with E-state index in [9.17, 15) is 4.79 Å². The molecule has 88 valence electrons. The summed E-state index contributed by atoms with van der Waals surface area (Å²) in [5.74, 6) is 2.06. The van der Waals surface area contributed by atoms with E-state index in [1.165, 1.54) is 0 Å². The van der Waals surface area contributed by atoms with Gasteiger partial charge in [0, 0.05) is 18.4 Å². The molecule has 1 aliphatic carbocycles. The van der Waals surface area contributed by atoms with E-state index in [2.05, 4.69) is 12.2 Å². The summed E-state index contributed by atoms with van der Waals surface area (Å²) in [6.45, 7) is 4.17. The molecule has 1 aromatic heterocycles. The van der Waals surface area contributed by atoms with Crippen molar-refractivity contribution in [1.29, 1.82) is 0 Å². The second-order valence-electron chi connectivity index (χ2n) is 4.85. The molecule has 1 N–H and O–H groups in total. The molecule has 1 amide bonds. The molecular formula is C13H19NO2. The van der Waals surface area contributed by atoms with Crippen LogP contribution in [0.4, 0.5) is 0 Å². The third-order valence-corrected chi connectivity index (χ3v) is 3.24. The second-order valence-corrected chi connectivity index (χ2v) is 4.85. The van der Waals surface area contributed by atoms with E-state index in [0.717, 1.165) is 25.0 Å². The fourth-order valence-electron chi connectivity index (χ4n) is 1.92. The molecule has 0 aliphatic heterocycles. The van der Waals surface area contributed by atoms with Gasteiger partial charge in [0.05, 0.1) is 6.26 Å². The van der Waals surface area contributed by atoms with E-state index in [0.29, 0.717) is 5.92 Å². The van der Waals surface area contributed by atoms with Gasteiger partial charge in [-0.3, -0.25) is 4.79 Å². The van der Waals surface area contributed by atoms with E-state index in [1.807, 2.05) is 19.1 Å². The van der Waals surface area contributed by atoms with Crippen LogP contribution in [0.1, 0.15) is 32.4 Å². The molecule has 0 spiro atoms. The maximum atomic E-state index is 11.7. The van der Waals surface area contributed by atoms with Crippen LogP contribution in [0.15, 0.2) is 22.8 Å². The average molecular weight is 221 g/mol. The second kappa shape index (κ2) is 4.73. The Bertz CT molecular complexity index is 345. The van der Waals surface area contributed by atoms with Gasteiger partial charge in [-0.05, 0) is 37.8 Å². The van der Waals surface area contributed by atoms with Gasteiger partial charge >= 0.3 is 0 Å². The van der Waals surface area contributed by atoms with Crippen molar-refractivity contribution >= 4 is 5.91 Å². The van der Waals surface area contributed by atoms with Crippen molar-refractivity contribution in [2.45, 2.75) is 39.2 Å². The first-order chi connectivity index (χ1) is 7.66. The van der Waals surface area contributed by atoms with E-state index < -0.39 is 0 Å². The molecule has 16 heavy (non-hydrogen) atoms. The Hall–Kier alpha value is -1.25. The third-order valence-electron chi connectivity index (χ3n) is 3.24. The van der Waals surface area contributed by atoms with Crippen molar-refractivity contribution < 1.29 is 9.21 Å². The lowest BCUT2D eigenvalue weighted by Crippen LogP contribution is -2.34. The average Bonchev–Trinajstić information content (AvgIpc) is 2.79. The lowest BCUT2D eigenvalue weighted by atomic mass is 10.1. The molecule has 0 aromatic carbocycles. The number of nitrogens with one attached hydrogen (secondary N) is 1. The van der Waals surface area contributed by atoms with Crippen LogP contribution in [0.3, 0.4) is 0 Å². The van der Waals surface area contributed by atoms with E-state index in [-0.39, 0.29) is 17.9 Å². The summed E-state index contributed by atoms with van der Waals surface area (Å²) < 4.78 is 5.25. The van der Waals surface area contributed by atoms with Crippen molar-refractivity contribution in [2.75, 3.05) is 0 Å². The molecule has 1 aromatic rings. The van der Waals surface area contributed by atoms with Crippen molar-refractivity contribution in [3.63, 3.8) is 0 Å². The van der Waals surface area contributed by atoms with E-state index in [1.54, 1.807) is 6.26 Å². The summed E-state index contributed by atoms with van der Waals surface area (Å²) in [5.41, 5.74) is 0. The van der Waals surface area contributed by atoms with Gasteiger partial charge in [-0.1, -0.05) is 6.92 Å². The first-order valence-electron chi connectivity index (χ1n) is 5.99. The highest BCUT2D eigenvalue weighted by molar-refractivity contribution is 5.81. The molecular weight excluding hydrogens is 202 g/mol. The zero-order valence-electron chi connectivity index (χ0n) is 9.90. The number of hydrogen-bond donors (Lipinski definition) is 1. The van der Waals surface area contributed by atoms with E-state index in [4.69, 9.17) is 4.42 Å². The molecule has 3 atom stereocenters. The molecule has 3 heteroatoms. The predicted octanol–water partition coefficient (Wildman–Crippen LogP) is 2.37. The lowest BCUT2D eigenvalue weighted by molar-refractivity contribution is -0.123. The fraction of sp³-hybridized carbons (Fsp3) is 0.615. The van der Waals surface area contributed by atoms with Crippen LogP contribution in [-0.2, 0) is 11.2 Å². The molecule has 1 saturated carbocycles. The van der Waals surface area contributed by atoms with Gasteiger partial charge in [-0.15, -0.1) is 0 Å². The highest BCUT2D eigenvalue weighted by Gasteiger charge is 2.39. The van der Waals surface area contributed by atoms with Crippen LogP contribution in [0.25, 0.3) is 0 Å². The van der Waals surface area contributed by atoms with Crippen LogP contribution in [0.2, 0.25) is 0 Å². The first-order valence-corrected chi connectivity index (χ1v) is 5.99. The minimum absolute atomic E-state index is 0.222. The van der Waals surface area contributed by atoms with Crippen molar-refractivity contribution in [1.82, 2.24) is 5.32 Å². The molecule has 0 radical (unpaired) electrons. The summed E-state index contributed by atoms with van der Waals surface area (Å²) >= 11 is 0. The molecule has 2 rings (SSSR count). The highest BCUT2D eigenvalue weighted by atomic mass is 16.3. The SMILES string of the molecule is C[C@H](CCc1ccco1)NC(=O)[C@H]1C[C@H]1C. The number of amides is 1. The van der Waals surface area contributed by atoms with Crippen molar-refractivity contribution in [3.05, 3.63) is 24.2 Å². The zero-order valence-corrected chi connectivity index (χ0v) is 9.90. The maximum absolute atomic E-state index is 11.7. The summed E-state index contributed by atoms with van der Waals surface area (Å²) in [5, 5.41) is 3.05. The van der Waals surface area contributed by atoms with Gasteiger partial charge in [-0.25, -0.2) is 0 Å². The fourth-order valence-corrected chi connectivity index (χ4v) is 1.92. The van der Waals surface area contributed by atoms with Gasteiger partial charge in [-0.2, -0.15) is 0 Å². The number of carbonyl (C=O) groups is 1. The maximum Gasteiger partial charge on any atom is 0.223 e. The van der Waals surface area contributed by atoms with Crippen LogP contribution in [0, 0.1) is 11.8 Å². The van der Waals surface area contributed by atoms with E-state index >= 15 is 0 Å². The Balaban J connectivity index is 1.68. The molecule has 0 bridgehead atoms. The number of aryl methyl sites for hydroxylation is 1. The Morgan fingerprint density at radius 2 is 2.44 bits per heavy atom. The zero-order chi connectivity index (χ0) is 11.5. The number of rotatable bonds is 5. The summed E-state index contributed by atoms with van der Waals surface area (Å²) in [6, 6.07) is 4.09. The molecule has 3 nitrogen and oxygen atoms in total. The topological polar surface area (TPSA) is 42.2 Å². The van der Waals surface area contributed by atoms with Gasteiger partial charge in [0.15, 0.2) is 0 Å². The van der Waals surface area contributed by atoms with Crippen LogP contribution in [0.5, 0.6) is 0 Å². The Labute approximate surface area is 96.2 Å². The molecule has 0 unspecified atom stereocenters. The minimum atomic E-state index is 0.222. The van der Waals surface area contributed by atoms with Gasteiger partial charge in [0.25, 0.3) is 0 Å². The van der Waals surface area contributed by atoms with Gasteiger partial charge in [0.1, 0.15) is 5.76 Å². The molecule has 0 saturated heterocycles. The molecule has 1 aliphatic rings. The number of carbonyl (C=O) groups excluding carboxylic acids is 1. The van der Waals surface area contributed by atoms with Gasteiger partial charge in [0.2, 0.25) is 5.91 Å². The molecule has 1 heterocycles. The summed E-state index contributed by atoms with van der Waals surface area (Å²) in [6.07, 6.45) is 4.55. The monoisotopic (exact) mass is 221 g/mol. The van der Waals surface area contributed by atoms with Gasteiger partial charge < -0.3 is 9.73 Å². The number of hydrogen-bond acceptors (Lipinski definition) is 2. The summed E-state index contributed by atoms with van der Waals surface area (Å²) in [7, 11) is 0. The normalized spacial score (nSPS) is 25.1. The minimum Gasteiger partial charge on any atom is -0.469 e. The smallest absolute Gasteiger partial charge is 0.223 e. The lowest BCUT2D eigenvalue weighted by Gasteiger charge is -2.12. The third kappa shape index (κ3) is 2.87. The van der Waals surface area contributed by atoms with Crippen molar-refractivity contribution in [2.24, 2.45) is 11.8 Å². The van der Waals surface area contributed by atoms with Crippen LogP contribution >= 0.6 is 0 Å². The predicted molar refractivity (Wildman–Crippen MR) is 61.9 cm³/mol. The Morgan fingerprint density at radius 1 is 1.69 bits per heavy atom.